The van der Waals surface area contributed by atoms with Crippen LogP contribution in [-0.4, -0.2) is 24.5 Å². The Morgan fingerprint density at radius 3 is 2.55 bits per heavy atom. The molecule has 0 aliphatic carbocycles. The minimum Gasteiger partial charge on any atom is -0.502 e. The normalized spacial score (nSPS) is 11.1. The molecule has 2 aromatic carbocycles. The van der Waals surface area contributed by atoms with Gasteiger partial charge in [0.25, 0.3) is 5.69 Å². The van der Waals surface area contributed by atoms with Gasteiger partial charge in [-0.15, -0.1) is 0 Å². The third-order valence-corrected chi connectivity index (χ3v) is 3.24. The van der Waals surface area contributed by atoms with Crippen LogP contribution in [0.25, 0.3) is 0 Å². The molecular weight excluding hydrogens is 280 g/mol. The number of ether oxygens (including phenoxy) is 1. The Morgan fingerprint density at radius 2 is 1.95 bits per heavy atom. The lowest BCUT2D eigenvalue weighted by Crippen LogP contribution is -2.22. The average Bonchev–Trinajstić information content (AvgIpc) is 2.51. The fourth-order valence-electron chi connectivity index (χ4n) is 2.20. The molecule has 0 spiro atoms. The first-order valence-electron chi connectivity index (χ1n) is 6.93. The number of nitrogens with zero attached hydrogens (tertiary/aromatic N) is 1. The van der Waals surface area contributed by atoms with E-state index in [0.29, 0.717) is 11.4 Å². The predicted molar refractivity (Wildman–Crippen MR) is 87.6 cm³/mol. The number of benzene rings is 2. The zero-order valence-corrected chi connectivity index (χ0v) is 12.8. The van der Waals surface area contributed by atoms with Gasteiger partial charge >= 0.3 is 6.09 Å². The number of rotatable bonds is 3. The summed E-state index contributed by atoms with van der Waals surface area (Å²) < 4.78 is 7.00. The van der Waals surface area contributed by atoms with E-state index in [1.807, 2.05) is 42.8 Å². The van der Waals surface area contributed by atoms with Crippen LogP contribution < -0.4 is 14.6 Å². The molecule has 0 saturated carbocycles. The van der Waals surface area contributed by atoms with Gasteiger partial charge in [0.1, 0.15) is 12.0 Å². The van der Waals surface area contributed by atoms with Crippen molar-refractivity contribution in [1.29, 1.82) is 0 Å². The van der Waals surface area contributed by atoms with Crippen LogP contribution in [0.2, 0.25) is 0 Å². The molecule has 0 unspecified atom stereocenters. The lowest BCUT2D eigenvalue weighted by molar-refractivity contribution is 0.203. The van der Waals surface area contributed by atoms with E-state index in [1.165, 1.54) is 7.05 Å². The van der Waals surface area contributed by atoms with Crippen LogP contribution in [0.1, 0.15) is 12.5 Å². The van der Waals surface area contributed by atoms with Crippen LogP contribution in [0.5, 0.6) is 11.5 Å². The Balaban J connectivity index is 2.40. The van der Waals surface area contributed by atoms with Crippen LogP contribution >= 0.6 is 0 Å². The largest absolute Gasteiger partial charge is 0.502 e. The molecule has 0 aliphatic rings. The number of hydrogen-bond donors (Lipinski definition) is 2. The molecule has 0 aliphatic heterocycles. The van der Waals surface area contributed by atoms with Gasteiger partial charge in [0.05, 0.1) is 0 Å². The molecule has 2 N–H and O–H groups in total. The summed E-state index contributed by atoms with van der Waals surface area (Å²) in [6, 6.07) is 12.5. The summed E-state index contributed by atoms with van der Waals surface area (Å²) in [5.41, 5.74) is 2.50. The minimum atomic E-state index is -0.508. The van der Waals surface area contributed by atoms with Crippen molar-refractivity contribution in [2.24, 2.45) is 0 Å². The topological polar surface area (TPSA) is 61.6 Å². The highest BCUT2D eigenvalue weighted by atomic mass is 16.5. The number of hydrogen-bond acceptors (Lipinski definition) is 3. The summed E-state index contributed by atoms with van der Waals surface area (Å²) in [4.78, 5) is 11.3. The average molecular weight is 299 g/mol. The van der Waals surface area contributed by atoms with Gasteiger partial charge in [-0.2, -0.15) is 4.58 Å². The maximum absolute atomic E-state index is 11.3. The molecule has 0 fully saturated rings. The molecular formula is C17H19N2O3+. The standard InChI is InChI=1S/C17H18N2O3/c1-4-19(15-7-5-6-8-16(15)20)14-10-9-13(11-12(14)2)22-17(21)18-3/h4-11H,1-3H3,(H-,18,20,21)/p+1. The molecule has 0 heterocycles. The first-order chi connectivity index (χ1) is 10.6. The minimum absolute atomic E-state index is 0.200. The summed E-state index contributed by atoms with van der Waals surface area (Å²) in [6.07, 6.45) is 1.36. The van der Waals surface area contributed by atoms with E-state index < -0.39 is 6.09 Å². The van der Waals surface area contributed by atoms with Crippen molar-refractivity contribution in [3.05, 3.63) is 48.0 Å². The molecule has 0 saturated heterocycles. The molecule has 0 aromatic heterocycles. The van der Waals surface area contributed by atoms with Crippen molar-refractivity contribution >= 4 is 23.7 Å². The highest BCUT2D eigenvalue weighted by molar-refractivity contribution is 5.75. The predicted octanol–water partition coefficient (Wildman–Crippen LogP) is 3.34. The Kier molecular flexibility index (Phi) is 4.78. The third kappa shape index (κ3) is 3.25. The zero-order chi connectivity index (χ0) is 16.1. The van der Waals surface area contributed by atoms with Crippen molar-refractivity contribution in [2.45, 2.75) is 13.8 Å². The molecule has 5 nitrogen and oxygen atoms in total. The molecule has 5 heteroatoms. The van der Waals surface area contributed by atoms with E-state index in [9.17, 15) is 9.90 Å². The van der Waals surface area contributed by atoms with Gasteiger partial charge < -0.3 is 15.2 Å². The van der Waals surface area contributed by atoms with Crippen LogP contribution in [0.15, 0.2) is 42.5 Å². The number of phenolic OH excluding ortho intramolecular Hbond substituents is 1. The first kappa shape index (κ1) is 15.6. The maximum atomic E-state index is 11.3. The molecule has 2 aromatic rings. The van der Waals surface area contributed by atoms with Gasteiger partial charge in [0.15, 0.2) is 5.75 Å². The van der Waals surface area contributed by atoms with Gasteiger partial charge in [-0.3, -0.25) is 0 Å². The molecule has 0 bridgehead atoms. The van der Waals surface area contributed by atoms with E-state index in [0.717, 1.165) is 11.3 Å². The number of nitrogens with one attached hydrogen (secondary N) is 1. The maximum Gasteiger partial charge on any atom is 0.412 e. The molecule has 22 heavy (non-hydrogen) atoms. The van der Waals surface area contributed by atoms with Crippen LogP contribution in [0.3, 0.4) is 0 Å². The van der Waals surface area contributed by atoms with Crippen molar-refractivity contribution < 1.29 is 14.6 Å². The second-order valence-corrected chi connectivity index (χ2v) is 4.70. The lowest BCUT2D eigenvalue weighted by atomic mass is 10.1. The van der Waals surface area contributed by atoms with Crippen molar-refractivity contribution in [3.8, 4) is 11.5 Å². The molecule has 1 amide bonds. The van der Waals surface area contributed by atoms with Crippen LogP contribution in [0, 0.1) is 6.92 Å². The number of aryl methyl sites for hydroxylation is 1. The molecule has 114 valence electrons. The fourth-order valence-corrected chi connectivity index (χ4v) is 2.20. The van der Waals surface area contributed by atoms with Gasteiger partial charge in [-0.05, 0) is 25.1 Å². The number of phenols is 1. The third-order valence-electron chi connectivity index (χ3n) is 3.24. The number of aromatic hydroxyl groups is 1. The van der Waals surface area contributed by atoms with E-state index in [-0.39, 0.29) is 5.75 Å². The summed E-state index contributed by atoms with van der Waals surface area (Å²) in [5.74, 6) is 0.666. The van der Waals surface area contributed by atoms with E-state index >= 15 is 0 Å². The summed E-state index contributed by atoms with van der Waals surface area (Å²) in [5, 5.41) is 12.4. The second kappa shape index (κ2) is 6.76. The van der Waals surface area contributed by atoms with Gasteiger partial charge in [-0.25, -0.2) is 4.79 Å². The highest BCUT2D eigenvalue weighted by Crippen LogP contribution is 2.32. The van der Waals surface area contributed by atoms with Crippen molar-refractivity contribution in [1.82, 2.24) is 9.89 Å². The summed E-state index contributed by atoms with van der Waals surface area (Å²) in [7, 11) is 1.51. The first-order valence-corrected chi connectivity index (χ1v) is 6.93. The fraction of sp³-hybridized carbons (Fsp3) is 0.176. The van der Waals surface area contributed by atoms with Gasteiger partial charge in [0, 0.05) is 31.7 Å². The highest BCUT2D eigenvalue weighted by Gasteiger charge is 2.19. The molecule has 2 rings (SSSR count). The van der Waals surface area contributed by atoms with Gasteiger partial charge in [0.2, 0.25) is 5.69 Å². The summed E-state index contributed by atoms with van der Waals surface area (Å²) >= 11 is 0. The number of carbonyl (C=O) groups is 1. The monoisotopic (exact) mass is 299 g/mol. The Morgan fingerprint density at radius 1 is 1.23 bits per heavy atom. The second-order valence-electron chi connectivity index (χ2n) is 4.70. The Bertz CT molecular complexity index is 724. The summed E-state index contributed by atoms with van der Waals surface area (Å²) in [6.45, 7) is 3.81. The number of amides is 1. The SMILES string of the molecule is CC=[N+](c1ccc(OC(=O)NC)cc1C)c1ccccc1O. The van der Waals surface area contributed by atoms with E-state index in [2.05, 4.69) is 5.32 Å². The van der Waals surface area contributed by atoms with Gasteiger partial charge in [-0.1, -0.05) is 12.1 Å². The smallest absolute Gasteiger partial charge is 0.412 e. The number of carbonyl (C=O) groups excluding carboxylic acids is 1. The van der Waals surface area contributed by atoms with E-state index in [4.69, 9.17) is 4.74 Å². The van der Waals surface area contributed by atoms with E-state index in [1.54, 1.807) is 24.3 Å². The van der Waals surface area contributed by atoms with Crippen LogP contribution in [0.4, 0.5) is 16.2 Å². The molecule has 0 atom stereocenters. The Labute approximate surface area is 129 Å². The quantitative estimate of drug-likeness (QED) is 0.675. The number of para-hydroxylation sites is 2. The zero-order valence-electron chi connectivity index (χ0n) is 12.8. The van der Waals surface area contributed by atoms with Crippen molar-refractivity contribution in [2.75, 3.05) is 7.05 Å². The lowest BCUT2D eigenvalue weighted by Gasteiger charge is -2.08. The van der Waals surface area contributed by atoms with Crippen molar-refractivity contribution in [3.63, 3.8) is 0 Å². The van der Waals surface area contributed by atoms with Crippen LogP contribution in [-0.2, 0) is 0 Å². The Hall–Kier alpha value is -2.82. The molecule has 0 radical (unpaired) electrons.